The minimum atomic E-state index is -1.65. The van der Waals surface area contributed by atoms with E-state index >= 15 is 0 Å². The molecule has 11 heteroatoms. The van der Waals surface area contributed by atoms with Crippen molar-refractivity contribution < 1.29 is 49.3 Å². The second-order valence-corrected chi connectivity index (χ2v) is 19.3. The number of hydrogen-bond acceptors (Lipinski definition) is 10. The molecule has 0 aromatic carbocycles. The van der Waals surface area contributed by atoms with Gasteiger partial charge in [-0.15, -0.1) is 0 Å². The first-order valence-electron chi connectivity index (χ1n) is 28.5. The lowest BCUT2D eigenvalue weighted by atomic mass is 9.99. The molecule has 1 saturated heterocycles. The first kappa shape index (κ1) is 66.6. The molecule has 0 bridgehead atoms. The Hall–Kier alpha value is -3.42. The third kappa shape index (κ3) is 36.5. The number of ether oxygens (including phenoxy) is 3. The van der Waals surface area contributed by atoms with Crippen LogP contribution in [0.1, 0.15) is 213 Å². The number of unbranched alkanes of at least 4 members (excludes halogenated alkanes) is 18. The van der Waals surface area contributed by atoms with Crippen molar-refractivity contribution in [2.45, 2.75) is 262 Å². The number of amides is 1. The van der Waals surface area contributed by atoms with Gasteiger partial charge >= 0.3 is 5.97 Å². The van der Waals surface area contributed by atoms with E-state index in [9.17, 15) is 35.1 Å². The van der Waals surface area contributed by atoms with E-state index in [1.165, 1.54) is 83.5 Å². The SMILES string of the molecule is CC/C=C\C/C=C\C/C=C\C/C=C\C/C=C\CCCCC(O)C(=O)NC(COC1OC(CO)C(O)C(O)C1OC(=O)CC/C=C/C/C=C\CCCCCCCC)C(O)/C=C/CCCCCCCCCCCC. The number of aliphatic hydroxyl groups excluding tert-OH is 5. The maximum Gasteiger partial charge on any atom is 0.306 e. The van der Waals surface area contributed by atoms with Gasteiger partial charge in [0.05, 0.1) is 25.4 Å². The van der Waals surface area contributed by atoms with E-state index in [0.717, 1.165) is 83.5 Å². The Kier molecular flexibility index (Phi) is 44.9. The van der Waals surface area contributed by atoms with Gasteiger partial charge in [-0.1, -0.05) is 214 Å². The van der Waals surface area contributed by atoms with Crippen molar-refractivity contribution in [1.29, 1.82) is 0 Å². The fourth-order valence-corrected chi connectivity index (χ4v) is 8.20. The maximum atomic E-state index is 13.4. The van der Waals surface area contributed by atoms with Gasteiger partial charge in [0.2, 0.25) is 5.91 Å². The molecule has 0 spiro atoms. The first-order valence-corrected chi connectivity index (χ1v) is 28.5. The van der Waals surface area contributed by atoms with Crippen molar-refractivity contribution in [3.05, 3.63) is 97.2 Å². The van der Waals surface area contributed by atoms with Crippen LogP contribution in [0.5, 0.6) is 0 Å². The molecule has 0 aromatic heterocycles. The van der Waals surface area contributed by atoms with Gasteiger partial charge < -0.3 is 45.1 Å². The summed E-state index contributed by atoms with van der Waals surface area (Å²) in [6, 6.07) is -1.06. The predicted molar refractivity (Wildman–Crippen MR) is 296 cm³/mol. The van der Waals surface area contributed by atoms with Crippen LogP contribution in [0.3, 0.4) is 0 Å². The average Bonchev–Trinajstić information content (AvgIpc) is 3.38. The number of nitrogens with one attached hydrogen (secondary N) is 1. The van der Waals surface area contributed by atoms with Crippen molar-refractivity contribution in [3.8, 4) is 0 Å². The monoisotopic (exact) mass is 1010 g/mol. The summed E-state index contributed by atoms with van der Waals surface area (Å²) in [7, 11) is 0. The van der Waals surface area contributed by atoms with Gasteiger partial charge in [-0.25, -0.2) is 0 Å². The van der Waals surface area contributed by atoms with Crippen LogP contribution in [-0.2, 0) is 23.8 Å². The number of esters is 1. The van der Waals surface area contributed by atoms with E-state index in [4.69, 9.17) is 14.2 Å². The molecule has 1 rings (SSSR count). The Morgan fingerprint density at radius 2 is 1.00 bits per heavy atom. The molecule has 72 heavy (non-hydrogen) atoms. The topological polar surface area (TPSA) is 175 Å². The van der Waals surface area contributed by atoms with Crippen LogP contribution >= 0.6 is 0 Å². The summed E-state index contributed by atoms with van der Waals surface area (Å²) in [6.45, 7) is 5.58. The molecule has 1 fully saturated rings. The third-order valence-corrected chi connectivity index (χ3v) is 12.7. The number of hydrogen-bond donors (Lipinski definition) is 6. The zero-order valence-electron chi connectivity index (χ0n) is 45.3. The molecule has 1 aliphatic rings. The fourth-order valence-electron chi connectivity index (χ4n) is 8.20. The van der Waals surface area contributed by atoms with E-state index < -0.39 is 67.4 Å². The summed E-state index contributed by atoms with van der Waals surface area (Å²) in [5.74, 6) is -1.31. The highest BCUT2D eigenvalue weighted by atomic mass is 16.7. The zero-order chi connectivity index (χ0) is 52.5. The highest BCUT2D eigenvalue weighted by Gasteiger charge is 2.47. The molecule has 8 atom stereocenters. The highest BCUT2D eigenvalue weighted by molar-refractivity contribution is 5.80. The molecule has 8 unspecified atom stereocenters. The van der Waals surface area contributed by atoms with Crippen molar-refractivity contribution in [3.63, 3.8) is 0 Å². The second kappa shape index (κ2) is 48.5. The van der Waals surface area contributed by atoms with E-state index in [1.807, 2.05) is 18.2 Å². The zero-order valence-corrected chi connectivity index (χ0v) is 45.3. The second-order valence-electron chi connectivity index (χ2n) is 19.3. The Morgan fingerprint density at radius 1 is 0.556 bits per heavy atom. The Balaban J connectivity index is 2.80. The molecule has 11 nitrogen and oxygen atoms in total. The molecule has 0 saturated carbocycles. The summed E-state index contributed by atoms with van der Waals surface area (Å²) in [4.78, 5) is 26.4. The molecule has 412 valence electrons. The molecule has 0 radical (unpaired) electrons. The van der Waals surface area contributed by atoms with Gasteiger partial charge in [0.25, 0.3) is 0 Å². The van der Waals surface area contributed by atoms with E-state index in [-0.39, 0.29) is 19.4 Å². The van der Waals surface area contributed by atoms with Crippen molar-refractivity contribution in [1.82, 2.24) is 5.32 Å². The van der Waals surface area contributed by atoms with E-state index in [2.05, 4.69) is 99.0 Å². The molecule has 1 amide bonds. The molecule has 0 aromatic rings. The number of carbonyl (C=O) groups is 2. The lowest BCUT2D eigenvalue weighted by Gasteiger charge is -2.41. The summed E-state index contributed by atoms with van der Waals surface area (Å²) in [5.41, 5.74) is 0. The summed E-state index contributed by atoms with van der Waals surface area (Å²) in [6.07, 6.45) is 53.2. The highest BCUT2D eigenvalue weighted by Crippen LogP contribution is 2.26. The Labute approximate surface area is 437 Å². The normalized spacial score (nSPS) is 20.2. The van der Waals surface area contributed by atoms with Crippen LogP contribution in [0.25, 0.3) is 0 Å². The van der Waals surface area contributed by atoms with Gasteiger partial charge in [0, 0.05) is 6.42 Å². The average molecular weight is 1010 g/mol. The van der Waals surface area contributed by atoms with Crippen LogP contribution in [0.4, 0.5) is 0 Å². The minimum absolute atomic E-state index is 0.00881. The largest absolute Gasteiger partial charge is 0.454 e. The van der Waals surface area contributed by atoms with Crippen LogP contribution < -0.4 is 5.32 Å². The van der Waals surface area contributed by atoms with Crippen molar-refractivity contribution >= 4 is 11.9 Å². The fraction of sp³-hybridized carbons (Fsp3) is 0.705. The lowest BCUT2D eigenvalue weighted by Crippen LogP contribution is -2.61. The lowest BCUT2D eigenvalue weighted by molar-refractivity contribution is -0.305. The quantitative estimate of drug-likeness (QED) is 0.0196. The molecule has 6 N–H and O–H groups in total. The molecule has 1 heterocycles. The maximum absolute atomic E-state index is 13.4. The smallest absolute Gasteiger partial charge is 0.306 e. The minimum Gasteiger partial charge on any atom is -0.454 e. The number of aliphatic hydroxyl groups is 5. The predicted octanol–water partition coefficient (Wildman–Crippen LogP) is 12.8. The summed E-state index contributed by atoms with van der Waals surface area (Å²) < 4.78 is 17.5. The van der Waals surface area contributed by atoms with Gasteiger partial charge in [-0.05, 0) is 89.9 Å². The molecule has 0 aliphatic carbocycles. The standard InChI is InChI=1S/C61H103NO10/c1-4-7-10-13-16-19-22-25-26-27-28-29-31-33-36-39-42-45-48-54(65)60(69)62-52(53(64)47-44-41-38-35-32-24-21-18-15-12-9-6-3)51-70-61-59(58(68)57(67)55(50-63)71-61)72-56(66)49-46-43-40-37-34-30-23-20-17-14-11-8-5-2/h7,10,16,19,25-26,28-30,33-34,36,40,43-44,47,52-55,57-59,61,63-65,67-68H,4-6,8-9,11-15,17-18,20-24,27,31-32,35,37-39,41-42,45-46,48-51H2,1-3H3,(H,62,69)/b10-7-,19-16-,26-25-,29-28-,34-30-,36-33-,43-40+,47-44+. The van der Waals surface area contributed by atoms with Crippen LogP contribution in [0, 0.1) is 0 Å². The first-order chi connectivity index (χ1) is 35.2. The van der Waals surface area contributed by atoms with Crippen LogP contribution in [0.15, 0.2) is 97.2 Å². The molecular formula is C61H103NO10. The number of rotatable bonds is 46. The van der Waals surface area contributed by atoms with Gasteiger partial charge in [-0.2, -0.15) is 0 Å². The van der Waals surface area contributed by atoms with Gasteiger partial charge in [0.1, 0.15) is 24.4 Å². The molecular weight excluding hydrogens is 907 g/mol. The number of carbonyl (C=O) groups excluding carboxylic acids is 2. The summed E-state index contributed by atoms with van der Waals surface area (Å²) >= 11 is 0. The van der Waals surface area contributed by atoms with Crippen molar-refractivity contribution in [2.24, 2.45) is 0 Å². The Bertz CT molecular complexity index is 1530. The van der Waals surface area contributed by atoms with E-state index in [1.54, 1.807) is 6.08 Å². The number of allylic oxidation sites excluding steroid dienone is 15. The Morgan fingerprint density at radius 3 is 1.50 bits per heavy atom. The van der Waals surface area contributed by atoms with Crippen molar-refractivity contribution in [2.75, 3.05) is 13.2 Å². The third-order valence-electron chi connectivity index (χ3n) is 12.7. The van der Waals surface area contributed by atoms with Crippen LogP contribution in [0.2, 0.25) is 0 Å². The molecule has 1 aliphatic heterocycles. The van der Waals surface area contributed by atoms with Gasteiger partial charge in [0.15, 0.2) is 12.4 Å². The van der Waals surface area contributed by atoms with Gasteiger partial charge in [-0.3, -0.25) is 9.59 Å². The van der Waals surface area contributed by atoms with Crippen LogP contribution in [-0.4, -0.2) is 99.6 Å². The van der Waals surface area contributed by atoms with E-state index in [0.29, 0.717) is 12.8 Å². The summed E-state index contributed by atoms with van der Waals surface area (Å²) in [5, 5.41) is 56.7.